The van der Waals surface area contributed by atoms with Crippen molar-refractivity contribution in [1.29, 1.82) is 0 Å². The molecule has 26 heavy (non-hydrogen) atoms. The second kappa shape index (κ2) is 8.34. The smallest absolute Gasteiger partial charge is 0.261 e. The predicted octanol–water partition coefficient (Wildman–Crippen LogP) is 3.59. The molecule has 0 radical (unpaired) electrons. The maximum Gasteiger partial charge on any atom is 0.261 e. The summed E-state index contributed by atoms with van der Waals surface area (Å²) in [6.45, 7) is 3.77. The van der Waals surface area contributed by atoms with E-state index < -0.39 is 6.10 Å². The van der Waals surface area contributed by atoms with Gasteiger partial charge in [-0.25, -0.2) is 4.98 Å². The van der Waals surface area contributed by atoms with Crippen molar-refractivity contribution in [3.63, 3.8) is 0 Å². The number of amides is 1. The molecule has 5 nitrogen and oxygen atoms in total. The van der Waals surface area contributed by atoms with E-state index in [4.69, 9.17) is 4.74 Å². The van der Waals surface area contributed by atoms with Gasteiger partial charge in [-0.2, -0.15) is 0 Å². The molecule has 0 spiro atoms. The topological polar surface area (TPSA) is 67.0 Å². The first-order valence-electron chi connectivity index (χ1n) is 8.68. The summed E-state index contributed by atoms with van der Waals surface area (Å²) in [4.78, 5) is 20.0. The minimum Gasteiger partial charge on any atom is -0.481 e. The predicted molar refractivity (Wildman–Crippen MR) is 101 cm³/mol. The normalized spacial score (nSPS) is 13.0. The van der Waals surface area contributed by atoms with E-state index in [1.165, 1.54) is 0 Å². The molecule has 0 saturated carbocycles. The zero-order valence-corrected chi connectivity index (χ0v) is 15.0. The Morgan fingerprint density at radius 2 is 1.88 bits per heavy atom. The van der Waals surface area contributed by atoms with Crippen LogP contribution in [0.5, 0.6) is 5.75 Å². The van der Waals surface area contributed by atoms with Crippen molar-refractivity contribution in [2.24, 2.45) is 0 Å². The lowest BCUT2D eigenvalue weighted by Crippen LogP contribution is -2.39. The van der Waals surface area contributed by atoms with Gasteiger partial charge >= 0.3 is 0 Å². The van der Waals surface area contributed by atoms with Crippen LogP contribution in [0.2, 0.25) is 0 Å². The molecule has 1 heterocycles. The first kappa shape index (κ1) is 17.7. The molecule has 134 valence electrons. The number of ether oxygens (including phenoxy) is 1. The Bertz CT molecular complexity index is 814. The second-order valence-electron chi connectivity index (χ2n) is 6.28. The summed E-state index contributed by atoms with van der Waals surface area (Å²) in [5.74, 6) is 1.35. The minimum absolute atomic E-state index is 0.161. The van der Waals surface area contributed by atoms with Gasteiger partial charge in [-0.3, -0.25) is 4.79 Å². The zero-order chi connectivity index (χ0) is 18.4. The number of hydrogen-bond donors (Lipinski definition) is 2. The molecule has 0 unspecified atom stereocenters. The van der Waals surface area contributed by atoms with Gasteiger partial charge in [0.25, 0.3) is 5.91 Å². The third-order valence-electron chi connectivity index (χ3n) is 4.17. The SMILES string of the molecule is Cc1ccc(O[C@H](C)C(=O)N[C@H](Cc2ncc[nH]2)c2ccccc2)cc1. The number of carbonyl (C=O) groups is 1. The van der Waals surface area contributed by atoms with E-state index in [0.717, 1.165) is 17.0 Å². The van der Waals surface area contributed by atoms with E-state index in [1.807, 2.05) is 61.5 Å². The molecular weight excluding hydrogens is 326 g/mol. The Hall–Kier alpha value is -3.08. The van der Waals surface area contributed by atoms with E-state index >= 15 is 0 Å². The highest BCUT2D eigenvalue weighted by Crippen LogP contribution is 2.18. The van der Waals surface area contributed by atoms with Crippen molar-refractivity contribution < 1.29 is 9.53 Å². The van der Waals surface area contributed by atoms with Crippen LogP contribution in [0.4, 0.5) is 0 Å². The molecule has 0 fully saturated rings. The van der Waals surface area contributed by atoms with Gasteiger partial charge in [0.1, 0.15) is 11.6 Å². The van der Waals surface area contributed by atoms with Crippen molar-refractivity contribution in [3.05, 3.63) is 83.9 Å². The van der Waals surface area contributed by atoms with Crippen molar-refractivity contribution in [3.8, 4) is 5.75 Å². The number of nitrogens with one attached hydrogen (secondary N) is 2. The van der Waals surface area contributed by atoms with Crippen LogP contribution in [0.3, 0.4) is 0 Å². The number of carbonyl (C=O) groups excluding carboxylic acids is 1. The fourth-order valence-electron chi connectivity index (χ4n) is 2.70. The molecule has 2 aromatic carbocycles. The lowest BCUT2D eigenvalue weighted by atomic mass is 10.0. The number of nitrogens with zero attached hydrogens (tertiary/aromatic N) is 1. The monoisotopic (exact) mass is 349 g/mol. The molecule has 0 bridgehead atoms. The lowest BCUT2D eigenvalue weighted by Gasteiger charge is -2.21. The Morgan fingerprint density at radius 3 is 2.54 bits per heavy atom. The molecule has 0 aliphatic carbocycles. The molecule has 3 aromatic rings. The van der Waals surface area contributed by atoms with Crippen LogP contribution in [-0.2, 0) is 11.2 Å². The Balaban J connectivity index is 1.68. The summed E-state index contributed by atoms with van der Waals surface area (Å²) in [5, 5.41) is 3.08. The second-order valence-corrected chi connectivity index (χ2v) is 6.28. The van der Waals surface area contributed by atoms with Crippen molar-refractivity contribution >= 4 is 5.91 Å². The Kier molecular flexibility index (Phi) is 5.69. The number of hydrogen-bond acceptors (Lipinski definition) is 3. The minimum atomic E-state index is -0.597. The van der Waals surface area contributed by atoms with Crippen LogP contribution in [0.15, 0.2) is 67.0 Å². The largest absolute Gasteiger partial charge is 0.481 e. The molecule has 1 amide bonds. The van der Waals surface area contributed by atoms with Crippen LogP contribution >= 0.6 is 0 Å². The third-order valence-corrected chi connectivity index (χ3v) is 4.17. The summed E-state index contributed by atoms with van der Waals surface area (Å²) in [6.07, 6.45) is 3.48. The highest BCUT2D eigenvalue weighted by Gasteiger charge is 2.21. The number of aromatic nitrogens is 2. The highest BCUT2D eigenvalue weighted by molar-refractivity contribution is 5.81. The van der Waals surface area contributed by atoms with E-state index in [1.54, 1.807) is 19.3 Å². The Labute approximate surface area is 153 Å². The lowest BCUT2D eigenvalue weighted by molar-refractivity contribution is -0.128. The molecule has 0 aliphatic heterocycles. The molecule has 0 aliphatic rings. The first-order valence-corrected chi connectivity index (χ1v) is 8.68. The van der Waals surface area contributed by atoms with Gasteiger partial charge < -0.3 is 15.0 Å². The molecule has 1 aromatic heterocycles. The number of rotatable bonds is 7. The average Bonchev–Trinajstić information content (AvgIpc) is 3.17. The fraction of sp³-hybridized carbons (Fsp3) is 0.238. The van der Waals surface area contributed by atoms with E-state index in [9.17, 15) is 4.79 Å². The van der Waals surface area contributed by atoms with Crippen molar-refractivity contribution in [2.45, 2.75) is 32.4 Å². The van der Waals surface area contributed by atoms with E-state index in [2.05, 4.69) is 15.3 Å². The number of aryl methyl sites for hydroxylation is 1. The van der Waals surface area contributed by atoms with Gasteiger partial charge in [0.2, 0.25) is 0 Å². The number of H-pyrrole nitrogens is 1. The molecule has 2 atom stereocenters. The van der Waals surface area contributed by atoms with E-state index in [0.29, 0.717) is 12.2 Å². The number of imidazole rings is 1. The molecule has 2 N–H and O–H groups in total. The summed E-state index contributed by atoms with van der Waals surface area (Å²) < 4.78 is 5.77. The molecular formula is C21H23N3O2. The van der Waals surface area contributed by atoms with Crippen LogP contribution in [0.25, 0.3) is 0 Å². The average molecular weight is 349 g/mol. The Morgan fingerprint density at radius 1 is 1.15 bits per heavy atom. The molecule has 0 saturated heterocycles. The first-order chi connectivity index (χ1) is 12.6. The van der Waals surface area contributed by atoms with Crippen LogP contribution in [0.1, 0.15) is 29.9 Å². The van der Waals surface area contributed by atoms with Gasteiger partial charge in [-0.05, 0) is 31.5 Å². The van der Waals surface area contributed by atoms with Crippen molar-refractivity contribution in [1.82, 2.24) is 15.3 Å². The zero-order valence-electron chi connectivity index (χ0n) is 15.0. The fourth-order valence-corrected chi connectivity index (χ4v) is 2.70. The van der Waals surface area contributed by atoms with Gasteiger partial charge in [-0.15, -0.1) is 0 Å². The summed E-state index contributed by atoms with van der Waals surface area (Å²) in [5.41, 5.74) is 2.18. The van der Waals surface area contributed by atoms with Gasteiger partial charge in [-0.1, -0.05) is 48.0 Å². The molecule has 3 rings (SSSR count). The summed E-state index contributed by atoms with van der Waals surface area (Å²) in [7, 11) is 0. The van der Waals surface area contributed by atoms with Crippen LogP contribution < -0.4 is 10.1 Å². The molecule has 5 heteroatoms. The standard InChI is InChI=1S/C21H23N3O2/c1-15-8-10-18(11-9-15)26-16(2)21(25)24-19(14-20-22-12-13-23-20)17-6-4-3-5-7-17/h3-13,16,19H,14H2,1-2H3,(H,22,23)(H,24,25)/t16-,19-/m1/s1. The van der Waals surface area contributed by atoms with Gasteiger partial charge in [0.15, 0.2) is 6.10 Å². The van der Waals surface area contributed by atoms with Crippen LogP contribution in [-0.4, -0.2) is 22.0 Å². The van der Waals surface area contributed by atoms with Gasteiger partial charge in [0.05, 0.1) is 6.04 Å². The van der Waals surface area contributed by atoms with Crippen molar-refractivity contribution in [2.75, 3.05) is 0 Å². The maximum absolute atomic E-state index is 12.7. The van der Waals surface area contributed by atoms with E-state index in [-0.39, 0.29) is 11.9 Å². The van der Waals surface area contributed by atoms with Gasteiger partial charge in [0, 0.05) is 18.8 Å². The maximum atomic E-state index is 12.7. The quantitative estimate of drug-likeness (QED) is 0.685. The summed E-state index contributed by atoms with van der Waals surface area (Å²) in [6, 6.07) is 17.4. The number of aromatic amines is 1. The third kappa shape index (κ3) is 4.72. The number of benzene rings is 2. The summed E-state index contributed by atoms with van der Waals surface area (Å²) >= 11 is 0. The highest BCUT2D eigenvalue weighted by atomic mass is 16.5. The van der Waals surface area contributed by atoms with Crippen LogP contribution in [0, 0.1) is 6.92 Å².